The standard InChI is InChI=1S/C13H23NOS.CH3NOS.K.H/c15-13(16)14(11-7-3-1-4-8-11)12-9-5-2-6-10-12;2-1(3)4;;/h11-12H,1-10H2,(H,15,16);(H3,2,3,4);;. The van der Waals surface area contributed by atoms with Crippen molar-refractivity contribution in [2.45, 2.75) is 76.3 Å². The minimum atomic E-state index is -0.500. The predicted octanol–water partition coefficient (Wildman–Crippen LogP) is 2.94. The van der Waals surface area contributed by atoms with Crippen molar-refractivity contribution < 1.29 is 10.2 Å². The number of nitrogens with zero attached hydrogens (tertiary/aromatic N) is 1. The molecule has 0 heterocycles. The molecule has 0 aliphatic heterocycles. The van der Waals surface area contributed by atoms with Gasteiger partial charge in [0.1, 0.15) is 0 Å². The average Bonchev–Trinajstić information content (AvgIpc) is 2.40. The summed E-state index contributed by atoms with van der Waals surface area (Å²) in [4.78, 5) is 2.17. The monoisotopic (exact) mass is 358 g/mol. The van der Waals surface area contributed by atoms with Crippen molar-refractivity contribution in [3.05, 3.63) is 0 Å². The average molecular weight is 359 g/mol. The Hall–Kier alpha value is 1.02. The molecule has 118 valence electrons. The first kappa shape index (κ1) is 22.0. The van der Waals surface area contributed by atoms with E-state index in [1.165, 1.54) is 64.2 Å². The summed E-state index contributed by atoms with van der Waals surface area (Å²) in [7, 11) is 0. The van der Waals surface area contributed by atoms with Crippen molar-refractivity contribution in [1.82, 2.24) is 4.90 Å². The molecule has 2 rings (SSSR count). The van der Waals surface area contributed by atoms with E-state index in [1.807, 2.05) is 0 Å². The van der Waals surface area contributed by atoms with E-state index in [2.05, 4.69) is 22.9 Å². The van der Waals surface area contributed by atoms with E-state index >= 15 is 0 Å². The molecule has 4 nitrogen and oxygen atoms in total. The van der Waals surface area contributed by atoms with Crippen LogP contribution in [0.25, 0.3) is 0 Å². The molecule has 21 heavy (non-hydrogen) atoms. The van der Waals surface area contributed by atoms with Crippen molar-refractivity contribution in [3.8, 4) is 0 Å². The molecule has 0 aromatic heterocycles. The van der Waals surface area contributed by atoms with E-state index in [9.17, 15) is 5.11 Å². The van der Waals surface area contributed by atoms with Gasteiger partial charge in [-0.25, -0.2) is 0 Å². The Bertz CT molecular complexity index is 298. The van der Waals surface area contributed by atoms with Crippen LogP contribution in [0.15, 0.2) is 0 Å². The molecule has 4 N–H and O–H groups in total. The van der Waals surface area contributed by atoms with Crippen LogP contribution < -0.4 is 5.73 Å². The van der Waals surface area contributed by atoms with Gasteiger partial charge in [0.05, 0.1) is 0 Å². The van der Waals surface area contributed by atoms with Gasteiger partial charge in [0.25, 0.3) is 10.3 Å². The summed E-state index contributed by atoms with van der Waals surface area (Å²) in [5.74, 6) is 0. The SMILES string of the molecule is NC(O)=S.OC(=S)N(C1CCCCC1)C1CCCCC1.[KH]. The van der Waals surface area contributed by atoms with Gasteiger partial charge >= 0.3 is 51.4 Å². The van der Waals surface area contributed by atoms with Crippen LogP contribution in [0.4, 0.5) is 0 Å². The number of aliphatic hydroxyl groups excluding tert-OH is 2. The molecule has 2 aliphatic rings. The van der Waals surface area contributed by atoms with Crippen LogP contribution in [-0.2, 0) is 0 Å². The zero-order valence-electron chi connectivity index (χ0n) is 12.0. The van der Waals surface area contributed by atoms with Gasteiger partial charge < -0.3 is 20.8 Å². The number of nitrogens with two attached hydrogens (primary N) is 1. The molecular weight excluding hydrogens is 331 g/mol. The first-order valence-corrected chi connectivity index (χ1v) is 8.33. The summed E-state index contributed by atoms with van der Waals surface area (Å²) in [6, 6.07) is 1.05. The molecule has 0 aromatic carbocycles. The Labute approximate surface area is 181 Å². The van der Waals surface area contributed by atoms with Crippen molar-refractivity contribution in [3.63, 3.8) is 0 Å². The second-order valence-corrected chi connectivity index (χ2v) is 6.40. The van der Waals surface area contributed by atoms with Gasteiger partial charge in [0, 0.05) is 12.1 Å². The second-order valence-electron chi connectivity index (χ2n) is 5.61. The molecule has 0 unspecified atom stereocenters. The fourth-order valence-corrected chi connectivity index (χ4v) is 3.63. The number of rotatable bonds is 2. The van der Waals surface area contributed by atoms with E-state index in [0.29, 0.717) is 12.1 Å². The van der Waals surface area contributed by atoms with Gasteiger partial charge in [-0.05, 0) is 50.1 Å². The van der Waals surface area contributed by atoms with Crippen LogP contribution in [0.1, 0.15) is 64.2 Å². The Morgan fingerprint density at radius 3 is 1.33 bits per heavy atom. The van der Waals surface area contributed by atoms with Gasteiger partial charge in [-0.1, -0.05) is 38.5 Å². The first-order chi connectivity index (χ1) is 9.52. The maximum absolute atomic E-state index is 9.77. The van der Waals surface area contributed by atoms with Gasteiger partial charge in [-0.3, -0.25) is 0 Å². The third-order valence-electron chi connectivity index (χ3n) is 4.16. The van der Waals surface area contributed by atoms with Crippen molar-refractivity contribution in [1.29, 1.82) is 0 Å². The summed E-state index contributed by atoms with van der Waals surface area (Å²) in [6.45, 7) is 0. The number of hydrogen-bond acceptors (Lipinski definition) is 2. The topological polar surface area (TPSA) is 69.7 Å². The van der Waals surface area contributed by atoms with Crippen molar-refractivity contribution >= 4 is 86.2 Å². The first-order valence-electron chi connectivity index (χ1n) is 7.52. The number of aliphatic hydroxyl groups is 2. The van der Waals surface area contributed by atoms with E-state index in [0.717, 1.165) is 0 Å². The van der Waals surface area contributed by atoms with Crippen LogP contribution in [0.3, 0.4) is 0 Å². The van der Waals surface area contributed by atoms with E-state index in [1.54, 1.807) is 0 Å². The summed E-state index contributed by atoms with van der Waals surface area (Å²) in [6.07, 6.45) is 12.8. The number of hydrogen-bond donors (Lipinski definition) is 3. The van der Waals surface area contributed by atoms with Gasteiger partial charge in [-0.2, -0.15) is 0 Å². The van der Waals surface area contributed by atoms with Crippen LogP contribution >= 0.6 is 24.4 Å². The Morgan fingerprint density at radius 2 is 1.10 bits per heavy atom. The summed E-state index contributed by atoms with van der Waals surface area (Å²) < 4.78 is 0. The molecule has 0 saturated heterocycles. The molecule has 0 spiro atoms. The molecule has 2 saturated carbocycles. The molecular formula is C14H27KN2O2S2. The summed E-state index contributed by atoms with van der Waals surface area (Å²) in [5.41, 5.74) is 4.40. The van der Waals surface area contributed by atoms with E-state index in [4.69, 9.17) is 17.3 Å². The molecule has 0 atom stereocenters. The molecule has 0 radical (unpaired) electrons. The van der Waals surface area contributed by atoms with Gasteiger partial charge in [0.2, 0.25) is 0 Å². The minimum absolute atomic E-state index is 0. The quantitative estimate of drug-likeness (QED) is 0.521. The molecule has 2 fully saturated rings. The normalized spacial score (nSPS) is 19.6. The third-order valence-corrected chi connectivity index (χ3v) is 4.37. The third kappa shape index (κ3) is 9.03. The predicted molar refractivity (Wildman–Crippen MR) is 97.4 cm³/mol. The van der Waals surface area contributed by atoms with Gasteiger partial charge in [0.15, 0.2) is 0 Å². The molecule has 0 amide bonds. The summed E-state index contributed by atoms with van der Waals surface area (Å²) >= 11 is 8.93. The van der Waals surface area contributed by atoms with Crippen molar-refractivity contribution in [2.24, 2.45) is 5.73 Å². The Morgan fingerprint density at radius 1 is 0.810 bits per heavy atom. The fourth-order valence-electron chi connectivity index (χ4n) is 3.33. The number of thiocarbonyl (C=S) groups is 2. The van der Waals surface area contributed by atoms with Crippen molar-refractivity contribution in [2.75, 3.05) is 0 Å². The molecule has 2 aliphatic carbocycles. The maximum atomic E-state index is 9.77. The Kier molecular flexibility index (Phi) is 13.0. The van der Waals surface area contributed by atoms with Crippen LogP contribution in [0, 0.1) is 0 Å². The molecule has 0 aromatic rings. The zero-order valence-corrected chi connectivity index (χ0v) is 13.6. The summed E-state index contributed by atoms with van der Waals surface area (Å²) in [5, 5.41) is 17.0. The molecule has 0 bridgehead atoms. The molecule has 7 heteroatoms. The van der Waals surface area contributed by atoms with E-state index in [-0.39, 0.29) is 56.6 Å². The fraction of sp³-hybridized carbons (Fsp3) is 0.857. The van der Waals surface area contributed by atoms with E-state index < -0.39 is 5.17 Å². The second kappa shape index (κ2) is 12.4. The van der Waals surface area contributed by atoms with Gasteiger partial charge in [-0.15, -0.1) is 0 Å². The van der Waals surface area contributed by atoms with Crippen LogP contribution in [-0.4, -0.2) is 88.9 Å². The van der Waals surface area contributed by atoms with Crippen LogP contribution in [0.2, 0.25) is 0 Å². The van der Waals surface area contributed by atoms with Crippen LogP contribution in [0.5, 0.6) is 0 Å². The Balaban J connectivity index is 0.000000715. The zero-order chi connectivity index (χ0) is 15.0.